The number of nitrogens with one attached hydrogen (secondary N) is 1. The molecule has 1 N–H and O–H groups in total. The first-order valence-electron chi connectivity index (χ1n) is 9.41. The molecule has 8 nitrogen and oxygen atoms in total. The maximum Gasteiger partial charge on any atom is 0.315 e. The van der Waals surface area contributed by atoms with E-state index in [-0.39, 0.29) is 23.8 Å². The molecule has 0 bridgehead atoms. The molecular formula is C23H21N3O5. The number of carbonyl (C=O) groups excluding carboxylic acids is 1. The van der Waals surface area contributed by atoms with E-state index < -0.39 is 10.8 Å². The Hall–Kier alpha value is -4.20. The van der Waals surface area contributed by atoms with E-state index in [2.05, 4.69) is 10.5 Å². The van der Waals surface area contributed by atoms with Gasteiger partial charge in [-0.1, -0.05) is 48.0 Å². The van der Waals surface area contributed by atoms with Crippen molar-refractivity contribution in [2.24, 2.45) is 5.10 Å². The van der Waals surface area contributed by atoms with Crippen LogP contribution in [0, 0.1) is 17.0 Å². The fourth-order valence-electron chi connectivity index (χ4n) is 2.89. The molecule has 1 amide bonds. The third kappa shape index (κ3) is 5.66. The Kier molecular flexibility index (Phi) is 6.95. The van der Waals surface area contributed by atoms with E-state index in [4.69, 9.17) is 9.47 Å². The minimum Gasteiger partial charge on any atom is -0.493 e. The van der Waals surface area contributed by atoms with Gasteiger partial charge in [-0.3, -0.25) is 14.9 Å². The molecule has 0 unspecified atom stereocenters. The number of hydrazone groups is 1. The Morgan fingerprint density at radius 1 is 1.13 bits per heavy atom. The molecule has 0 saturated carbocycles. The quantitative estimate of drug-likeness (QED) is 0.334. The molecule has 3 rings (SSSR count). The largest absolute Gasteiger partial charge is 0.493 e. The molecule has 3 aromatic rings. The Morgan fingerprint density at radius 2 is 1.90 bits per heavy atom. The zero-order valence-corrected chi connectivity index (χ0v) is 17.1. The Morgan fingerprint density at radius 3 is 2.58 bits per heavy atom. The van der Waals surface area contributed by atoms with Crippen LogP contribution in [0.2, 0.25) is 0 Å². The molecule has 0 spiro atoms. The molecule has 3 aromatic carbocycles. The van der Waals surface area contributed by atoms with Crippen molar-refractivity contribution in [3.05, 3.63) is 99.1 Å². The normalized spacial score (nSPS) is 10.6. The average Bonchev–Trinajstić information content (AvgIpc) is 2.78. The fourth-order valence-corrected chi connectivity index (χ4v) is 2.89. The van der Waals surface area contributed by atoms with Crippen LogP contribution in [-0.4, -0.2) is 24.2 Å². The number of ether oxygens (including phenoxy) is 2. The van der Waals surface area contributed by atoms with Crippen molar-refractivity contribution < 1.29 is 19.2 Å². The lowest BCUT2D eigenvalue weighted by molar-refractivity contribution is -0.386. The first-order chi connectivity index (χ1) is 15.0. The smallest absolute Gasteiger partial charge is 0.315 e. The number of carbonyl (C=O) groups is 1. The number of nitro groups is 1. The van der Waals surface area contributed by atoms with Gasteiger partial charge in [0.15, 0.2) is 5.75 Å². The molecule has 158 valence electrons. The summed E-state index contributed by atoms with van der Waals surface area (Å²) in [4.78, 5) is 23.1. The number of amides is 1. The van der Waals surface area contributed by atoms with Gasteiger partial charge in [-0.15, -0.1) is 0 Å². The highest BCUT2D eigenvalue weighted by molar-refractivity contribution is 5.95. The van der Waals surface area contributed by atoms with Gasteiger partial charge >= 0.3 is 5.69 Å². The van der Waals surface area contributed by atoms with Crippen molar-refractivity contribution in [3.8, 4) is 11.5 Å². The summed E-state index contributed by atoms with van der Waals surface area (Å²) in [7, 11) is 1.40. The number of nitro benzene ring substituents is 1. The zero-order valence-electron chi connectivity index (χ0n) is 17.1. The monoisotopic (exact) mass is 419 g/mol. The van der Waals surface area contributed by atoms with Crippen LogP contribution in [0.4, 0.5) is 5.69 Å². The van der Waals surface area contributed by atoms with Gasteiger partial charge < -0.3 is 9.47 Å². The van der Waals surface area contributed by atoms with Crippen molar-refractivity contribution >= 4 is 17.8 Å². The first kappa shape index (κ1) is 21.5. The van der Waals surface area contributed by atoms with Gasteiger partial charge in [0.2, 0.25) is 5.75 Å². The van der Waals surface area contributed by atoms with Crippen LogP contribution in [0.1, 0.15) is 27.0 Å². The third-order valence-electron chi connectivity index (χ3n) is 4.36. The van der Waals surface area contributed by atoms with E-state index in [9.17, 15) is 14.9 Å². The molecule has 0 heterocycles. The zero-order chi connectivity index (χ0) is 22.2. The molecule has 0 atom stereocenters. The van der Waals surface area contributed by atoms with Gasteiger partial charge in [0.05, 0.1) is 18.2 Å². The average molecular weight is 419 g/mol. The second-order valence-corrected chi connectivity index (χ2v) is 6.67. The van der Waals surface area contributed by atoms with Gasteiger partial charge in [0.25, 0.3) is 5.91 Å². The molecule has 0 aliphatic carbocycles. The van der Waals surface area contributed by atoms with Gasteiger partial charge in [-0.2, -0.15) is 5.10 Å². The van der Waals surface area contributed by atoms with E-state index in [0.717, 1.165) is 11.1 Å². The van der Waals surface area contributed by atoms with Crippen molar-refractivity contribution in [2.45, 2.75) is 13.5 Å². The Bertz CT molecular complexity index is 1110. The number of aryl methyl sites for hydroxylation is 1. The van der Waals surface area contributed by atoms with Crippen LogP contribution in [0.15, 0.2) is 71.8 Å². The minimum atomic E-state index is -0.548. The predicted molar refractivity (Wildman–Crippen MR) is 117 cm³/mol. The van der Waals surface area contributed by atoms with Crippen LogP contribution < -0.4 is 14.9 Å². The summed E-state index contributed by atoms with van der Waals surface area (Å²) >= 11 is 0. The summed E-state index contributed by atoms with van der Waals surface area (Å²) in [6, 6.07) is 19.1. The fraction of sp³-hybridized carbons (Fsp3) is 0.130. The van der Waals surface area contributed by atoms with Crippen molar-refractivity contribution in [2.75, 3.05) is 7.11 Å². The lowest BCUT2D eigenvalue weighted by atomic mass is 10.1. The maximum absolute atomic E-state index is 12.1. The molecule has 0 aromatic heterocycles. The van der Waals surface area contributed by atoms with E-state index >= 15 is 0 Å². The predicted octanol–water partition coefficient (Wildman–Crippen LogP) is 4.25. The Labute approximate surface area is 179 Å². The summed E-state index contributed by atoms with van der Waals surface area (Å²) in [5.41, 5.74) is 4.89. The highest BCUT2D eigenvalue weighted by Crippen LogP contribution is 2.38. The molecule has 0 saturated heterocycles. The van der Waals surface area contributed by atoms with Crippen molar-refractivity contribution in [1.82, 2.24) is 5.43 Å². The molecule has 0 fully saturated rings. The second-order valence-electron chi connectivity index (χ2n) is 6.67. The Balaban J connectivity index is 1.80. The molecule has 0 aliphatic heterocycles. The molecule has 0 aliphatic rings. The second kappa shape index (κ2) is 10.0. The van der Waals surface area contributed by atoms with Gasteiger partial charge in [0, 0.05) is 17.2 Å². The van der Waals surface area contributed by atoms with Crippen LogP contribution in [0.25, 0.3) is 0 Å². The number of rotatable bonds is 8. The SMILES string of the molecule is COc1cc(/C=N/NC(=O)c2ccccc2)cc([N+](=O)[O-])c1OCc1cccc(C)c1. The highest BCUT2D eigenvalue weighted by atomic mass is 16.6. The number of hydrogen-bond donors (Lipinski definition) is 1. The van der Waals surface area contributed by atoms with E-state index in [0.29, 0.717) is 11.1 Å². The number of hydrogen-bond acceptors (Lipinski definition) is 6. The summed E-state index contributed by atoms with van der Waals surface area (Å²) in [5, 5.41) is 15.5. The van der Waals surface area contributed by atoms with E-state index in [1.165, 1.54) is 19.4 Å². The molecule has 0 radical (unpaired) electrons. The summed E-state index contributed by atoms with van der Waals surface area (Å²) in [5.74, 6) is -0.173. The van der Waals surface area contributed by atoms with Crippen LogP contribution in [0.5, 0.6) is 11.5 Å². The first-order valence-corrected chi connectivity index (χ1v) is 9.41. The lowest BCUT2D eigenvalue weighted by Gasteiger charge is -2.12. The van der Waals surface area contributed by atoms with E-state index in [1.54, 1.807) is 36.4 Å². The minimum absolute atomic E-state index is 0.0273. The van der Waals surface area contributed by atoms with Crippen molar-refractivity contribution in [3.63, 3.8) is 0 Å². The van der Waals surface area contributed by atoms with Gasteiger partial charge in [-0.05, 0) is 30.7 Å². The number of benzene rings is 3. The number of nitrogens with zero attached hydrogens (tertiary/aromatic N) is 2. The van der Waals surface area contributed by atoms with Crippen LogP contribution in [0.3, 0.4) is 0 Å². The summed E-state index contributed by atoms with van der Waals surface area (Å²) < 4.78 is 11.0. The standard InChI is InChI=1S/C23H21N3O5/c1-16-7-6-8-17(11-16)15-31-22-20(26(28)29)12-18(13-21(22)30-2)14-24-25-23(27)19-9-4-3-5-10-19/h3-14H,15H2,1-2H3,(H,25,27)/b24-14+. The van der Waals surface area contributed by atoms with Crippen LogP contribution >= 0.6 is 0 Å². The van der Waals surface area contributed by atoms with Crippen molar-refractivity contribution in [1.29, 1.82) is 0 Å². The topological polar surface area (TPSA) is 103 Å². The third-order valence-corrected chi connectivity index (χ3v) is 4.36. The highest BCUT2D eigenvalue weighted by Gasteiger charge is 2.22. The molecule has 8 heteroatoms. The molecular weight excluding hydrogens is 398 g/mol. The van der Waals surface area contributed by atoms with Gasteiger partial charge in [-0.25, -0.2) is 5.43 Å². The summed E-state index contributed by atoms with van der Waals surface area (Å²) in [6.07, 6.45) is 1.31. The van der Waals surface area contributed by atoms with Gasteiger partial charge in [0.1, 0.15) is 6.61 Å². The summed E-state index contributed by atoms with van der Waals surface area (Å²) in [6.45, 7) is 2.11. The maximum atomic E-state index is 12.1. The lowest BCUT2D eigenvalue weighted by Crippen LogP contribution is -2.17. The number of methoxy groups -OCH3 is 1. The van der Waals surface area contributed by atoms with Crippen LogP contribution in [-0.2, 0) is 6.61 Å². The van der Waals surface area contributed by atoms with E-state index in [1.807, 2.05) is 31.2 Å². The molecule has 31 heavy (non-hydrogen) atoms.